The maximum atomic E-state index is 13.6. The second-order valence-corrected chi connectivity index (χ2v) is 9.06. The van der Waals surface area contributed by atoms with Gasteiger partial charge in [-0.2, -0.15) is 0 Å². The van der Waals surface area contributed by atoms with E-state index in [1.807, 2.05) is 96.8 Å². The van der Waals surface area contributed by atoms with Gasteiger partial charge in [0.25, 0.3) is 5.91 Å². The average Bonchev–Trinajstić information content (AvgIpc) is 2.91. The van der Waals surface area contributed by atoms with Crippen molar-refractivity contribution in [1.82, 2.24) is 4.90 Å². The van der Waals surface area contributed by atoms with Gasteiger partial charge in [-0.05, 0) is 72.4 Å². The highest BCUT2D eigenvalue weighted by Crippen LogP contribution is 2.26. The molecule has 0 saturated heterocycles. The lowest BCUT2D eigenvalue weighted by atomic mass is 10.0. The Morgan fingerprint density at radius 2 is 1.43 bits per heavy atom. The van der Waals surface area contributed by atoms with E-state index >= 15 is 0 Å². The normalized spacial score (nSPS) is 10.6. The number of carboxylic acid groups (broad SMARTS) is 1. The molecule has 4 aromatic rings. The molecular formula is C32H31NO4. The van der Waals surface area contributed by atoms with Crippen molar-refractivity contribution in [3.05, 3.63) is 131 Å². The van der Waals surface area contributed by atoms with Crippen molar-refractivity contribution in [2.24, 2.45) is 0 Å². The molecule has 0 saturated carbocycles. The fraction of sp³-hybridized carbons (Fsp3) is 0.188. The summed E-state index contributed by atoms with van der Waals surface area (Å²) in [4.78, 5) is 26.4. The van der Waals surface area contributed by atoms with Crippen LogP contribution in [-0.4, -0.2) is 28.4 Å². The van der Waals surface area contributed by atoms with Crippen LogP contribution in [-0.2, 0) is 24.2 Å². The molecule has 4 aromatic carbocycles. The molecule has 1 N–H and O–H groups in total. The number of carboxylic acids is 1. The Labute approximate surface area is 218 Å². The number of rotatable bonds is 11. The van der Waals surface area contributed by atoms with Crippen molar-refractivity contribution >= 4 is 11.9 Å². The van der Waals surface area contributed by atoms with E-state index in [1.54, 1.807) is 6.07 Å². The van der Waals surface area contributed by atoms with Crippen LogP contribution in [0.5, 0.6) is 11.5 Å². The Morgan fingerprint density at radius 3 is 2.11 bits per heavy atom. The molecule has 0 heterocycles. The van der Waals surface area contributed by atoms with Crippen LogP contribution >= 0.6 is 0 Å². The molecule has 5 nitrogen and oxygen atoms in total. The number of benzene rings is 4. The molecule has 0 aliphatic rings. The number of carbonyl (C=O) groups is 2. The van der Waals surface area contributed by atoms with Crippen LogP contribution in [0.2, 0.25) is 0 Å². The standard InChI is InChI=1S/C32H31NO4/c1-24-21-30(17-15-27(24)16-18-31(34)35)37-29-14-8-13-28(22-29)32(36)33(23-26-11-6-3-7-12-26)20-19-25-9-4-2-5-10-25/h2-15,17,21-22H,16,18-20,23H2,1H3,(H,34,35). The largest absolute Gasteiger partial charge is 0.481 e. The highest BCUT2D eigenvalue weighted by atomic mass is 16.5. The molecule has 188 valence electrons. The van der Waals surface area contributed by atoms with Crippen molar-refractivity contribution < 1.29 is 19.4 Å². The van der Waals surface area contributed by atoms with Gasteiger partial charge >= 0.3 is 5.97 Å². The minimum absolute atomic E-state index is 0.0505. The second-order valence-electron chi connectivity index (χ2n) is 9.06. The van der Waals surface area contributed by atoms with Gasteiger partial charge in [0, 0.05) is 25.1 Å². The molecular weight excluding hydrogens is 462 g/mol. The molecule has 37 heavy (non-hydrogen) atoms. The number of aryl methyl sites for hydroxylation is 2. The summed E-state index contributed by atoms with van der Waals surface area (Å²) in [6.45, 7) is 3.06. The van der Waals surface area contributed by atoms with Crippen molar-refractivity contribution in [3.8, 4) is 11.5 Å². The van der Waals surface area contributed by atoms with Crippen molar-refractivity contribution in [3.63, 3.8) is 0 Å². The highest BCUT2D eigenvalue weighted by Gasteiger charge is 2.17. The first-order chi connectivity index (χ1) is 18.0. The van der Waals surface area contributed by atoms with Gasteiger partial charge in [0.2, 0.25) is 0 Å². The Morgan fingerprint density at radius 1 is 0.757 bits per heavy atom. The molecule has 0 radical (unpaired) electrons. The number of nitrogens with zero attached hydrogens (tertiary/aromatic N) is 1. The third-order valence-electron chi connectivity index (χ3n) is 6.26. The van der Waals surface area contributed by atoms with E-state index in [4.69, 9.17) is 9.84 Å². The number of aliphatic carboxylic acids is 1. The average molecular weight is 494 g/mol. The smallest absolute Gasteiger partial charge is 0.303 e. The molecule has 0 aromatic heterocycles. The minimum atomic E-state index is -0.814. The Balaban J connectivity index is 1.49. The monoisotopic (exact) mass is 493 g/mol. The van der Waals surface area contributed by atoms with Crippen LogP contribution in [0.15, 0.2) is 103 Å². The molecule has 0 fully saturated rings. The van der Waals surface area contributed by atoms with Gasteiger partial charge in [-0.25, -0.2) is 0 Å². The van der Waals surface area contributed by atoms with Gasteiger partial charge in [0.1, 0.15) is 11.5 Å². The van der Waals surface area contributed by atoms with Crippen molar-refractivity contribution in [1.29, 1.82) is 0 Å². The lowest BCUT2D eigenvalue weighted by Crippen LogP contribution is -2.32. The van der Waals surface area contributed by atoms with Crippen LogP contribution in [0.3, 0.4) is 0 Å². The first-order valence-electron chi connectivity index (χ1n) is 12.4. The first kappa shape index (κ1) is 25.7. The van der Waals surface area contributed by atoms with E-state index in [1.165, 1.54) is 5.56 Å². The molecule has 0 atom stereocenters. The van der Waals surface area contributed by atoms with E-state index in [0.717, 1.165) is 23.1 Å². The van der Waals surface area contributed by atoms with Crippen LogP contribution in [0.25, 0.3) is 0 Å². The van der Waals surface area contributed by atoms with E-state index in [-0.39, 0.29) is 12.3 Å². The lowest BCUT2D eigenvalue weighted by molar-refractivity contribution is -0.136. The van der Waals surface area contributed by atoms with Crippen molar-refractivity contribution in [2.75, 3.05) is 6.54 Å². The molecule has 0 spiro atoms. The number of hydrogen-bond acceptors (Lipinski definition) is 3. The Kier molecular flexibility index (Phi) is 8.71. The SMILES string of the molecule is Cc1cc(Oc2cccc(C(=O)N(CCc3ccccc3)Cc3ccccc3)c2)ccc1CCC(=O)O. The third kappa shape index (κ3) is 7.55. The Bertz CT molecular complexity index is 1340. The van der Waals surface area contributed by atoms with Gasteiger partial charge < -0.3 is 14.7 Å². The Hall–Kier alpha value is -4.38. The van der Waals surface area contributed by atoms with Crippen molar-refractivity contribution in [2.45, 2.75) is 32.7 Å². The van der Waals surface area contributed by atoms with Crippen LogP contribution in [0, 0.1) is 6.92 Å². The molecule has 0 aliphatic carbocycles. The molecule has 0 bridgehead atoms. The van der Waals surface area contributed by atoms with E-state index in [9.17, 15) is 9.59 Å². The quantitative estimate of drug-likeness (QED) is 0.253. The molecule has 4 rings (SSSR count). The van der Waals surface area contributed by atoms with Gasteiger partial charge in [0.15, 0.2) is 0 Å². The number of hydrogen-bond donors (Lipinski definition) is 1. The van der Waals surface area contributed by atoms with E-state index in [2.05, 4.69) is 12.1 Å². The minimum Gasteiger partial charge on any atom is -0.481 e. The first-order valence-corrected chi connectivity index (χ1v) is 12.4. The topological polar surface area (TPSA) is 66.8 Å². The zero-order chi connectivity index (χ0) is 26.0. The zero-order valence-corrected chi connectivity index (χ0v) is 21.0. The van der Waals surface area contributed by atoms with Gasteiger partial charge in [0.05, 0.1) is 0 Å². The summed E-state index contributed by atoms with van der Waals surface area (Å²) < 4.78 is 6.07. The number of carbonyl (C=O) groups excluding carboxylic acids is 1. The summed E-state index contributed by atoms with van der Waals surface area (Å²) in [6, 6.07) is 33.1. The summed E-state index contributed by atoms with van der Waals surface area (Å²) >= 11 is 0. The lowest BCUT2D eigenvalue weighted by Gasteiger charge is -2.23. The van der Waals surface area contributed by atoms with Crippen LogP contribution in [0.4, 0.5) is 0 Å². The molecule has 1 amide bonds. The summed E-state index contributed by atoms with van der Waals surface area (Å²) in [6.07, 6.45) is 1.34. The zero-order valence-electron chi connectivity index (χ0n) is 21.0. The summed E-state index contributed by atoms with van der Waals surface area (Å²) in [5.74, 6) is 0.356. The van der Waals surface area contributed by atoms with E-state index < -0.39 is 5.97 Å². The fourth-order valence-corrected chi connectivity index (χ4v) is 4.23. The maximum absolute atomic E-state index is 13.6. The second kappa shape index (κ2) is 12.5. The summed E-state index contributed by atoms with van der Waals surface area (Å²) in [5.41, 5.74) is 4.79. The van der Waals surface area contributed by atoms with Crippen LogP contribution < -0.4 is 4.74 Å². The number of ether oxygens (including phenoxy) is 1. The predicted molar refractivity (Wildman–Crippen MR) is 145 cm³/mol. The summed E-state index contributed by atoms with van der Waals surface area (Å²) in [5, 5.41) is 8.94. The summed E-state index contributed by atoms with van der Waals surface area (Å²) in [7, 11) is 0. The maximum Gasteiger partial charge on any atom is 0.303 e. The van der Waals surface area contributed by atoms with Crippen LogP contribution in [0.1, 0.15) is 39.0 Å². The third-order valence-corrected chi connectivity index (χ3v) is 6.26. The van der Waals surface area contributed by atoms with Gasteiger partial charge in [-0.1, -0.05) is 72.8 Å². The number of amides is 1. The molecule has 5 heteroatoms. The van der Waals surface area contributed by atoms with E-state index in [0.29, 0.717) is 36.6 Å². The fourth-order valence-electron chi connectivity index (χ4n) is 4.23. The highest BCUT2D eigenvalue weighted by molar-refractivity contribution is 5.94. The van der Waals surface area contributed by atoms with Gasteiger partial charge in [-0.3, -0.25) is 9.59 Å². The van der Waals surface area contributed by atoms with Gasteiger partial charge in [-0.15, -0.1) is 0 Å². The molecule has 0 unspecified atom stereocenters. The predicted octanol–water partition coefficient (Wildman–Crippen LogP) is 6.69. The molecule has 0 aliphatic heterocycles.